The van der Waals surface area contributed by atoms with Crippen LogP contribution in [0.3, 0.4) is 0 Å². The summed E-state index contributed by atoms with van der Waals surface area (Å²) in [7, 11) is 0. The fraction of sp³-hybridized carbons (Fsp3) is 0.465. The first-order valence-electron chi connectivity index (χ1n) is 40.5. The fourth-order valence-corrected chi connectivity index (χ4v) is 14.0. The first-order chi connectivity index (χ1) is 48.5. The minimum absolute atomic E-state index is 0.0670. The second-order valence-corrected chi connectivity index (χ2v) is 37.4. The zero-order valence-electron chi connectivity index (χ0n) is 75.1. The molecule has 9 aromatic rings. The molecule has 0 heterocycles. The molecule has 0 aromatic heterocycles. The maximum Gasteiger partial charge on any atom is 0.0626 e. The van der Waals surface area contributed by atoms with Crippen LogP contribution in [0.1, 0.15) is 349 Å². The summed E-state index contributed by atoms with van der Waals surface area (Å²) in [5.74, 6) is 2.44. The van der Waals surface area contributed by atoms with Gasteiger partial charge in [0, 0.05) is 1.37 Å². The Morgan fingerprint density at radius 3 is 0.911 bits per heavy atom. The number of hydrogen-bond acceptors (Lipinski definition) is 0. The Kier molecular flexibility index (Phi) is 26.2. The highest BCUT2D eigenvalue weighted by atomic mass is 14.3. The predicted octanol–water partition coefficient (Wildman–Crippen LogP) is 31.2. The molecule has 0 atom stereocenters. The number of benzene rings is 9. The molecule has 1 aliphatic rings. The van der Waals surface area contributed by atoms with Gasteiger partial charge in [-0.25, -0.2) is 0 Å². The summed E-state index contributed by atoms with van der Waals surface area (Å²) >= 11 is 0. The van der Waals surface area contributed by atoms with Gasteiger partial charge in [-0.05, 0) is 209 Å². The molecule has 0 unspecified atom stereocenters. The van der Waals surface area contributed by atoms with Crippen molar-refractivity contribution < 1.29 is 6.85 Å². The van der Waals surface area contributed by atoms with Gasteiger partial charge < -0.3 is 0 Å². The Balaban J connectivity index is 0.000000235. The number of hydrogen-bond donors (Lipinski definition) is 0. The molecule has 1 aliphatic carbocycles. The summed E-state index contributed by atoms with van der Waals surface area (Å²) in [4.78, 5) is 0. The highest BCUT2D eigenvalue weighted by Crippen LogP contribution is 2.49. The van der Waals surface area contributed by atoms with Gasteiger partial charge in [0.15, 0.2) is 0 Å². The van der Waals surface area contributed by atoms with E-state index in [1.54, 1.807) is 29.2 Å². The van der Waals surface area contributed by atoms with E-state index < -0.39 is 5.89 Å². The van der Waals surface area contributed by atoms with Crippen LogP contribution in [-0.4, -0.2) is 0 Å². The zero-order chi connectivity index (χ0) is 80.7. The summed E-state index contributed by atoms with van der Waals surface area (Å²) in [5, 5.41) is 0. The van der Waals surface area contributed by atoms with E-state index in [4.69, 9.17) is 6.85 Å². The molecule has 0 saturated carbocycles. The molecule has 9 aromatic carbocycles. The van der Waals surface area contributed by atoms with E-state index >= 15 is 0 Å². The lowest BCUT2D eigenvalue weighted by Crippen LogP contribution is -2.24. The van der Waals surface area contributed by atoms with Crippen LogP contribution in [0.25, 0.3) is 44.5 Å². The van der Waals surface area contributed by atoms with E-state index in [1.807, 2.05) is 34.6 Å². The Hall–Kier alpha value is -7.02. The summed E-state index contributed by atoms with van der Waals surface area (Å²) in [6.45, 7) is 75.6. The van der Waals surface area contributed by atoms with Crippen LogP contribution in [0.5, 0.6) is 0 Å². The first kappa shape index (κ1) is 76.6. The van der Waals surface area contributed by atoms with Crippen LogP contribution in [-0.2, 0) is 37.9 Å². The second kappa shape index (κ2) is 34.5. The molecular weight excluding hydrogens is 1210 g/mol. The van der Waals surface area contributed by atoms with Crippen LogP contribution in [0, 0.1) is 6.92 Å². The van der Waals surface area contributed by atoms with Crippen LogP contribution in [0.4, 0.5) is 0 Å². The Morgan fingerprint density at radius 2 is 0.584 bits per heavy atom. The van der Waals surface area contributed by atoms with Crippen molar-refractivity contribution in [3.63, 3.8) is 0 Å². The summed E-state index contributed by atoms with van der Waals surface area (Å²) in [6, 6.07) is 62.0. The smallest absolute Gasteiger partial charge is 0.0622 e. The van der Waals surface area contributed by atoms with Crippen molar-refractivity contribution in [2.75, 3.05) is 0 Å². The van der Waals surface area contributed by atoms with E-state index in [9.17, 15) is 0 Å². The van der Waals surface area contributed by atoms with Gasteiger partial charge in [0.05, 0.1) is 5.48 Å². The molecular formula is C101H140. The highest BCUT2D eigenvalue weighted by molar-refractivity contribution is 6.03. The number of rotatable bonds is 6. The molecule has 0 saturated heterocycles. The van der Waals surface area contributed by atoms with Crippen molar-refractivity contribution in [1.82, 2.24) is 0 Å². The van der Waals surface area contributed by atoms with Crippen molar-refractivity contribution in [3.05, 3.63) is 272 Å². The van der Waals surface area contributed by atoms with Gasteiger partial charge in [-0.15, -0.1) is 0 Å². The lowest BCUT2D eigenvalue weighted by molar-refractivity contribution is 0.521. The van der Waals surface area contributed by atoms with Crippen molar-refractivity contribution >= 4 is 0 Å². The Bertz CT molecular complexity index is 4250. The SMILES string of the molecule is CC(C)(C)c1ccc2c(c1)-c1ccccc1-c1ccccc1-c1ccccc1-2.CC(C)(C)c1ccccc1.CC(C)c1cc(C(C)C)c(C(C)(C)C)c(C(C)C)c1.CC(C)c1cccc(C(C)C)c1C(C)(C)C.[2H]C(C)(C)c1cccc(C(C)(C)C)c1C(C)(C)C.[2H]c1c([2H])c([2H])c(C(C)(C)C)c(C)c1[2H]. The minimum atomic E-state index is -0.552. The highest BCUT2D eigenvalue weighted by Gasteiger charge is 2.30. The van der Waals surface area contributed by atoms with E-state index in [1.165, 1.54) is 83.5 Å². The fourth-order valence-electron chi connectivity index (χ4n) is 14.0. The molecule has 10 rings (SSSR count). The molecule has 0 aliphatic heterocycles. The first-order valence-corrected chi connectivity index (χ1v) is 38.0. The summed E-state index contributed by atoms with van der Waals surface area (Å²) in [5.41, 5.74) is 30.0. The molecule has 0 heteroatoms. The largest absolute Gasteiger partial charge is 0.0626 e. The molecule has 0 amide bonds. The van der Waals surface area contributed by atoms with Gasteiger partial charge in [-0.3, -0.25) is 0 Å². The second-order valence-electron chi connectivity index (χ2n) is 37.4. The maximum absolute atomic E-state index is 8.39. The van der Waals surface area contributed by atoms with Crippen LogP contribution < -0.4 is 0 Å². The lowest BCUT2D eigenvalue weighted by Gasteiger charge is -2.33. The molecule has 0 nitrogen and oxygen atoms in total. The van der Waals surface area contributed by atoms with Gasteiger partial charge in [0.1, 0.15) is 0 Å². The average Bonchev–Trinajstić information content (AvgIpc) is 0.730. The summed E-state index contributed by atoms with van der Waals surface area (Å²) < 4.78 is 39.1. The van der Waals surface area contributed by atoms with Crippen molar-refractivity contribution in [1.29, 1.82) is 0 Å². The third kappa shape index (κ3) is 22.7. The van der Waals surface area contributed by atoms with Gasteiger partial charge >= 0.3 is 0 Å². The predicted molar refractivity (Wildman–Crippen MR) is 454 cm³/mol. The van der Waals surface area contributed by atoms with Crippen LogP contribution in [0.2, 0.25) is 0 Å². The quantitative estimate of drug-likeness (QED) is 0.156. The molecule has 101 heavy (non-hydrogen) atoms. The molecule has 0 bridgehead atoms. The van der Waals surface area contributed by atoms with Crippen LogP contribution in [0.15, 0.2) is 194 Å². The maximum atomic E-state index is 8.39. The van der Waals surface area contributed by atoms with Crippen LogP contribution >= 0.6 is 0 Å². The van der Waals surface area contributed by atoms with Gasteiger partial charge in [-0.1, -0.05) is 416 Å². The third-order valence-electron chi connectivity index (χ3n) is 19.3. The summed E-state index contributed by atoms with van der Waals surface area (Å²) in [6.07, 6.45) is 0. The normalized spacial score (nSPS) is 13.2. The topological polar surface area (TPSA) is 0 Å². The van der Waals surface area contributed by atoms with Crippen molar-refractivity contribution in [2.45, 2.75) is 309 Å². The molecule has 544 valence electrons. The Labute approximate surface area is 628 Å². The van der Waals surface area contributed by atoms with Crippen molar-refractivity contribution in [3.8, 4) is 44.5 Å². The molecule has 0 radical (unpaired) electrons. The van der Waals surface area contributed by atoms with Gasteiger partial charge in [0.25, 0.3) is 0 Å². The Morgan fingerprint density at radius 1 is 0.257 bits per heavy atom. The minimum Gasteiger partial charge on any atom is -0.0622 e. The van der Waals surface area contributed by atoms with Crippen molar-refractivity contribution in [2.24, 2.45) is 0 Å². The monoisotopic (exact) mass is 1360 g/mol. The molecule has 0 N–H and O–H groups in total. The van der Waals surface area contributed by atoms with E-state index in [-0.39, 0.29) is 56.7 Å². The average molecular weight is 1360 g/mol. The van der Waals surface area contributed by atoms with Gasteiger partial charge in [-0.2, -0.15) is 0 Å². The molecule has 0 fully saturated rings. The lowest BCUT2D eigenvalue weighted by atomic mass is 9.71. The third-order valence-corrected chi connectivity index (χ3v) is 19.3. The van der Waals surface area contributed by atoms with E-state index in [2.05, 4.69) is 364 Å². The number of fused-ring (bicyclic) bond motifs is 8. The standard InChI is InChI=1S/C28H24.C19H32.C17H28.C16H26.C11H16.C10H14/c1-28(2,3)19-16-17-26-24-14-7-6-12-22(24)20-10-4-5-11-21(20)23-13-8-9-15-25(23)27(26)18-19;1-12(2)15-10-16(13(3)4)18(19(7,8)9)17(11-15)14(5)6;1-12(2)13-10-9-11-14(16(3,4)5)15(13)17(6,7)8;1-11(2)13-9-8-10-14(12(3)4)15(13)16(5,6)7;1-9-7-5-6-8-10(9)11(2,3)4;1-10(2,3)9-7-5-4-6-8-9/h4-18H,1-3H3;10-14H,1-9H3;9-12H,1-8H3;8-12H,1-7H3;5-8H,1-4H3;4-8H,1-3H3/i;;12D;;5D,6D,7D,8D;. The van der Waals surface area contributed by atoms with E-state index in [0.29, 0.717) is 46.1 Å². The zero-order valence-corrected chi connectivity index (χ0v) is 70.1. The molecule has 0 spiro atoms. The van der Waals surface area contributed by atoms with Gasteiger partial charge in [0.2, 0.25) is 0 Å². The van der Waals surface area contributed by atoms with E-state index in [0.717, 1.165) is 5.56 Å².